The Morgan fingerprint density at radius 1 is 1.27 bits per heavy atom. The van der Waals surface area contributed by atoms with Crippen LogP contribution in [0.2, 0.25) is 0 Å². The monoisotopic (exact) mass is 349 g/mol. The van der Waals surface area contributed by atoms with Gasteiger partial charge in [-0.15, -0.1) is 0 Å². The maximum Gasteiger partial charge on any atom is 0.266 e. The molecule has 0 aliphatic carbocycles. The van der Waals surface area contributed by atoms with E-state index in [1.807, 2.05) is 24.3 Å². The van der Waals surface area contributed by atoms with E-state index in [1.54, 1.807) is 24.0 Å². The molecule has 6 heteroatoms. The van der Waals surface area contributed by atoms with E-state index in [9.17, 15) is 14.4 Å². The molecular formula is C20H19N3O3. The number of H-pyrrole nitrogens is 1. The van der Waals surface area contributed by atoms with E-state index in [1.165, 1.54) is 6.20 Å². The second-order valence-corrected chi connectivity index (χ2v) is 6.46. The molecule has 2 aromatic rings. The number of hydrogen-bond acceptors (Lipinski definition) is 4. The van der Waals surface area contributed by atoms with E-state index in [0.29, 0.717) is 29.8 Å². The highest BCUT2D eigenvalue weighted by atomic mass is 16.2. The van der Waals surface area contributed by atoms with Crippen molar-refractivity contribution in [3.8, 4) is 6.07 Å². The van der Waals surface area contributed by atoms with E-state index in [2.05, 4.69) is 4.98 Å². The number of piperidine rings is 1. The van der Waals surface area contributed by atoms with Gasteiger partial charge in [0.15, 0.2) is 5.78 Å². The van der Waals surface area contributed by atoms with Gasteiger partial charge in [-0.2, -0.15) is 5.26 Å². The predicted molar refractivity (Wildman–Crippen MR) is 95.9 cm³/mol. The number of nitrogens with zero attached hydrogens (tertiary/aromatic N) is 2. The minimum atomic E-state index is -0.502. The predicted octanol–water partition coefficient (Wildman–Crippen LogP) is 2.29. The van der Waals surface area contributed by atoms with E-state index in [4.69, 9.17) is 5.26 Å². The summed E-state index contributed by atoms with van der Waals surface area (Å²) in [7, 11) is 0. The number of amides is 1. The van der Waals surface area contributed by atoms with Gasteiger partial charge in [-0.25, -0.2) is 0 Å². The number of carbonyl (C=O) groups is 2. The summed E-state index contributed by atoms with van der Waals surface area (Å²) in [5.41, 5.74) is 0.771. The molecule has 0 spiro atoms. The first-order valence-corrected chi connectivity index (χ1v) is 8.54. The Kier molecular flexibility index (Phi) is 4.99. The minimum absolute atomic E-state index is 0.0407. The highest BCUT2D eigenvalue weighted by Gasteiger charge is 2.30. The van der Waals surface area contributed by atoms with Crippen LogP contribution in [-0.4, -0.2) is 34.7 Å². The minimum Gasteiger partial charge on any atom is -0.338 e. The summed E-state index contributed by atoms with van der Waals surface area (Å²) in [6, 6.07) is 10.9. The Morgan fingerprint density at radius 2 is 2.00 bits per heavy atom. The first kappa shape index (κ1) is 17.6. The molecule has 3 rings (SSSR count). The lowest BCUT2D eigenvalue weighted by atomic mass is 9.89. The zero-order valence-electron chi connectivity index (χ0n) is 14.5. The quantitative estimate of drug-likeness (QED) is 0.860. The van der Waals surface area contributed by atoms with Gasteiger partial charge in [0.1, 0.15) is 11.6 Å². The van der Waals surface area contributed by atoms with Gasteiger partial charge < -0.3 is 9.88 Å². The topological polar surface area (TPSA) is 94.0 Å². The Balaban J connectivity index is 1.82. The van der Waals surface area contributed by atoms with Crippen LogP contribution in [-0.2, 0) is 0 Å². The highest BCUT2D eigenvalue weighted by Crippen LogP contribution is 2.23. The van der Waals surface area contributed by atoms with Gasteiger partial charge in [0.25, 0.3) is 11.5 Å². The normalized spacial score (nSPS) is 16.8. The molecule has 1 saturated heterocycles. The third-order valence-corrected chi connectivity index (χ3v) is 4.83. The standard InChI is InChI=1S/C20H19N3O3/c1-13-16(10-21)19(25)22-11-17(13)20(26)23-9-5-8-15(12-23)18(24)14-6-3-2-4-7-14/h2-4,6-7,11,15H,5,8-9,12H2,1H3,(H,22,25)/t15-/m1/s1. The molecule has 2 heterocycles. The number of nitrogens with one attached hydrogen (secondary N) is 1. The second kappa shape index (κ2) is 7.36. The summed E-state index contributed by atoms with van der Waals surface area (Å²) < 4.78 is 0. The molecule has 6 nitrogen and oxygen atoms in total. The van der Waals surface area contributed by atoms with Crippen molar-refractivity contribution in [1.29, 1.82) is 5.26 Å². The van der Waals surface area contributed by atoms with E-state index < -0.39 is 5.56 Å². The lowest BCUT2D eigenvalue weighted by molar-refractivity contribution is 0.0636. The van der Waals surface area contributed by atoms with Crippen molar-refractivity contribution in [3.05, 3.63) is 69.1 Å². The summed E-state index contributed by atoms with van der Waals surface area (Å²) in [5, 5.41) is 9.12. The molecule has 0 saturated carbocycles. The van der Waals surface area contributed by atoms with Crippen LogP contribution >= 0.6 is 0 Å². The van der Waals surface area contributed by atoms with Crippen molar-refractivity contribution in [2.45, 2.75) is 19.8 Å². The molecule has 1 atom stereocenters. The first-order valence-electron chi connectivity index (χ1n) is 8.54. The Hall–Kier alpha value is -3.20. The Labute approximate surface area is 151 Å². The molecule has 0 unspecified atom stereocenters. The molecule has 26 heavy (non-hydrogen) atoms. The molecule has 1 aromatic carbocycles. The molecule has 1 aromatic heterocycles. The van der Waals surface area contributed by atoms with Crippen molar-refractivity contribution in [3.63, 3.8) is 0 Å². The van der Waals surface area contributed by atoms with Gasteiger partial charge in [-0.1, -0.05) is 30.3 Å². The Morgan fingerprint density at radius 3 is 2.69 bits per heavy atom. The van der Waals surface area contributed by atoms with Crippen molar-refractivity contribution < 1.29 is 9.59 Å². The average molecular weight is 349 g/mol. The van der Waals surface area contributed by atoms with Crippen LogP contribution in [0.1, 0.15) is 44.7 Å². The van der Waals surface area contributed by atoms with Crippen LogP contribution in [0.3, 0.4) is 0 Å². The molecule has 1 aliphatic heterocycles. The van der Waals surface area contributed by atoms with Crippen LogP contribution in [0.4, 0.5) is 0 Å². The van der Waals surface area contributed by atoms with Crippen LogP contribution in [0.15, 0.2) is 41.3 Å². The van der Waals surface area contributed by atoms with Crippen molar-refractivity contribution in [2.75, 3.05) is 13.1 Å². The van der Waals surface area contributed by atoms with E-state index in [-0.39, 0.29) is 23.2 Å². The summed E-state index contributed by atoms with van der Waals surface area (Å²) in [6.45, 7) is 2.49. The number of nitriles is 1. The average Bonchev–Trinajstić information content (AvgIpc) is 2.68. The fraction of sp³-hybridized carbons (Fsp3) is 0.300. The number of pyridine rings is 1. The zero-order chi connectivity index (χ0) is 18.7. The number of carbonyl (C=O) groups excluding carboxylic acids is 2. The lowest BCUT2D eigenvalue weighted by Crippen LogP contribution is -2.42. The fourth-order valence-electron chi connectivity index (χ4n) is 3.36. The van der Waals surface area contributed by atoms with Gasteiger partial charge >= 0.3 is 0 Å². The molecule has 0 radical (unpaired) electrons. The highest BCUT2D eigenvalue weighted by molar-refractivity contribution is 5.99. The summed E-state index contributed by atoms with van der Waals surface area (Å²) in [5.74, 6) is -0.464. The van der Waals surface area contributed by atoms with E-state index in [0.717, 1.165) is 12.8 Å². The van der Waals surface area contributed by atoms with Gasteiger partial charge in [0.05, 0.1) is 5.56 Å². The molecule has 1 amide bonds. The molecule has 1 N–H and O–H groups in total. The SMILES string of the molecule is Cc1c(C(=O)N2CCC[C@@H](C(=O)c3ccccc3)C2)c[nH]c(=O)c1C#N. The Bertz CT molecular complexity index is 941. The van der Waals surface area contributed by atoms with Crippen LogP contribution in [0, 0.1) is 24.2 Å². The molecular weight excluding hydrogens is 330 g/mol. The number of Topliss-reactive ketones (excluding diaryl/α,β-unsaturated/α-hetero) is 1. The van der Waals surface area contributed by atoms with Crippen molar-refractivity contribution >= 4 is 11.7 Å². The van der Waals surface area contributed by atoms with Gasteiger partial charge in [-0.3, -0.25) is 14.4 Å². The van der Waals surface area contributed by atoms with Crippen molar-refractivity contribution in [2.24, 2.45) is 5.92 Å². The molecule has 132 valence electrons. The maximum absolute atomic E-state index is 12.9. The number of aromatic amines is 1. The number of benzene rings is 1. The van der Waals surface area contributed by atoms with Gasteiger partial charge in [0, 0.05) is 30.8 Å². The van der Waals surface area contributed by atoms with Crippen LogP contribution < -0.4 is 5.56 Å². The summed E-state index contributed by atoms with van der Waals surface area (Å²) >= 11 is 0. The molecule has 1 fully saturated rings. The third kappa shape index (κ3) is 3.29. The van der Waals surface area contributed by atoms with Gasteiger partial charge in [0.2, 0.25) is 0 Å². The second-order valence-electron chi connectivity index (χ2n) is 6.46. The summed E-state index contributed by atoms with van der Waals surface area (Å²) in [4.78, 5) is 41.3. The number of ketones is 1. The van der Waals surface area contributed by atoms with Gasteiger partial charge in [-0.05, 0) is 25.3 Å². The van der Waals surface area contributed by atoms with Crippen LogP contribution in [0.5, 0.6) is 0 Å². The maximum atomic E-state index is 12.9. The van der Waals surface area contributed by atoms with Crippen LogP contribution in [0.25, 0.3) is 0 Å². The number of likely N-dealkylation sites (tertiary alicyclic amines) is 1. The largest absolute Gasteiger partial charge is 0.338 e. The third-order valence-electron chi connectivity index (χ3n) is 4.83. The summed E-state index contributed by atoms with van der Waals surface area (Å²) in [6.07, 6.45) is 2.83. The fourth-order valence-corrected chi connectivity index (χ4v) is 3.36. The number of rotatable bonds is 3. The van der Waals surface area contributed by atoms with E-state index >= 15 is 0 Å². The smallest absolute Gasteiger partial charge is 0.266 e. The first-order chi connectivity index (χ1) is 12.5. The number of hydrogen-bond donors (Lipinski definition) is 1. The zero-order valence-corrected chi connectivity index (χ0v) is 14.5. The molecule has 1 aliphatic rings. The van der Waals surface area contributed by atoms with Crippen molar-refractivity contribution in [1.82, 2.24) is 9.88 Å². The lowest BCUT2D eigenvalue weighted by Gasteiger charge is -2.32. The molecule has 0 bridgehead atoms. The number of aromatic nitrogens is 1.